The lowest BCUT2D eigenvalue weighted by Gasteiger charge is -1.90. The third kappa shape index (κ3) is 1.67. The number of carbonyl (C=O) groups is 1. The van der Waals surface area contributed by atoms with Crippen LogP contribution in [0.25, 0.3) is 0 Å². The molecule has 0 amide bonds. The number of sulfone groups is 1. The molecule has 0 spiro atoms. The molecule has 4 heteroatoms. The molecular weight excluding hydrogens is 152 g/mol. The summed E-state index contributed by atoms with van der Waals surface area (Å²) in [5, 5.41) is 0. The van der Waals surface area contributed by atoms with Gasteiger partial charge in [0.2, 0.25) is 0 Å². The van der Waals surface area contributed by atoms with E-state index in [4.69, 9.17) is 0 Å². The average Bonchev–Trinajstić information content (AvgIpc) is 2.12. The van der Waals surface area contributed by atoms with Gasteiger partial charge >= 0.3 is 0 Å². The van der Waals surface area contributed by atoms with Gasteiger partial charge in [-0.2, -0.15) is 0 Å². The van der Waals surface area contributed by atoms with Crippen molar-refractivity contribution < 1.29 is 13.2 Å². The van der Waals surface area contributed by atoms with Crippen LogP contribution in [0.3, 0.4) is 0 Å². The lowest BCUT2D eigenvalue weighted by molar-refractivity contribution is -0.107. The molecule has 0 N–H and O–H groups in total. The van der Waals surface area contributed by atoms with Crippen molar-refractivity contribution in [1.29, 1.82) is 0 Å². The average molecular weight is 160 g/mol. The topological polar surface area (TPSA) is 51.2 Å². The summed E-state index contributed by atoms with van der Waals surface area (Å²) in [5.41, 5.74) is 0.731. The van der Waals surface area contributed by atoms with Gasteiger partial charge in [0.1, 0.15) is 6.29 Å². The minimum Gasteiger partial charge on any atom is -0.303 e. The zero-order valence-electron chi connectivity index (χ0n) is 5.41. The zero-order chi connectivity index (χ0) is 7.61. The van der Waals surface area contributed by atoms with Gasteiger partial charge in [-0.05, 0) is 0 Å². The quantitative estimate of drug-likeness (QED) is 0.419. The van der Waals surface area contributed by atoms with Crippen molar-refractivity contribution in [1.82, 2.24) is 0 Å². The molecule has 0 bridgehead atoms. The van der Waals surface area contributed by atoms with Crippen molar-refractivity contribution in [2.75, 3.05) is 11.5 Å². The minimum absolute atomic E-state index is 0.0751. The SMILES string of the molecule is O=CCC1=CCS(=O)(=O)C1. The molecule has 1 aliphatic heterocycles. The summed E-state index contributed by atoms with van der Waals surface area (Å²) >= 11 is 0. The molecule has 10 heavy (non-hydrogen) atoms. The Morgan fingerprint density at radius 1 is 1.60 bits per heavy atom. The van der Waals surface area contributed by atoms with Crippen molar-refractivity contribution in [2.24, 2.45) is 0 Å². The third-order valence-electron chi connectivity index (χ3n) is 1.38. The molecule has 0 saturated heterocycles. The van der Waals surface area contributed by atoms with Crippen molar-refractivity contribution in [3.05, 3.63) is 11.6 Å². The molecule has 0 radical (unpaired) electrons. The highest BCUT2D eigenvalue weighted by atomic mass is 32.2. The summed E-state index contributed by atoms with van der Waals surface area (Å²) in [6.45, 7) is 0. The predicted molar refractivity (Wildman–Crippen MR) is 37.4 cm³/mol. The van der Waals surface area contributed by atoms with E-state index in [9.17, 15) is 13.2 Å². The lowest BCUT2D eigenvalue weighted by atomic mass is 10.2. The van der Waals surface area contributed by atoms with Crippen molar-refractivity contribution in [3.63, 3.8) is 0 Å². The Morgan fingerprint density at radius 2 is 2.30 bits per heavy atom. The molecule has 0 unspecified atom stereocenters. The highest BCUT2D eigenvalue weighted by Crippen LogP contribution is 2.12. The fourth-order valence-electron chi connectivity index (χ4n) is 0.894. The normalized spacial score (nSPS) is 22.2. The smallest absolute Gasteiger partial charge is 0.157 e. The van der Waals surface area contributed by atoms with Crippen LogP contribution >= 0.6 is 0 Å². The maximum Gasteiger partial charge on any atom is 0.157 e. The Kier molecular flexibility index (Phi) is 1.89. The Hall–Kier alpha value is -0.640. The van der Waals surface area contributed by atoms with Gasteiger partial charge in [-0.15, -0.1) is 0 Å². The number of carbonyl (C=O) groups excluding carboxylic acids is 1. The van der Waals surface area contributed by atoms with Crippen LogP contribution in [0, 0.1) is 0 Å². The molecule has 1 rings (SSSR count). The number of rotatable bonds is 2. The number of hydrogen-bond donors (Lipinski definition) is 0. The summed E-state index contributed by atoms with van der Waals surface area (Å²) in [6, 6.07) is 0. The second-order valence-electron chi connectivity index (χ2n) is 2.29. The van der Waals surface area contributed by atoms with E-state index in [1.54, 1.807) is 6.08 Å². The third-order valence-corrected chi connectivity index (χ3v) is 2.86. The van der Waals surface area contributed by atoms with Crippen LogP contribution in [0.15, 0.2) is 11.6 Å². The largest absolute Gasteiger partial charge is 0.303 e. The molecule has 3 nitrogen and oxygen atoms in total. The van der Waals surface area contributed by atoms with Gasteiger partial charge in [0.15, 0.2) is 9.84 Å². The highest BCUT2D eigenvalue weighted by Gasteiger charge is 2.18. The number of hydrogen-bond acceptors (Lipinski definition) is 3. The van der Waals surface area contributed by atoms with Crippen LogP contribution < -0.4 is 0 Å². The van der Waals surface area contributed by atoms with E-state index in [0.717, 1.165) is 11.9 Å². The van der Waals surface area contributed by atoms with E-state index >= 15 is 0 Å². The standard InChI is InChI=1S/C6H8O3S/c7-3-1-6-2-4-10(8,9)5-6/h2-3H,1,4-5H2. The summed E-state index contributed by atoms with van der Waals surface area (Å²) in [4.78, 5) is 9.94. The van der Waals surface area contributed by atoms with Gasteiger partial charge in [-0.25, -0.2) is 8.42 Å². The molecule has 56 valence electrons. The summed E-state index contributed by atoms with van der Waals surface area (Å²) in [7, 11) is -2.87. The minimum atomic E-state index is -2.87. The molecule has 0 aromatic heterocycles. The van der Waals surface area contributed by atoms with E-state index in [1.807, 2.05) is 0 Å². The van der Waals surface area contributed by atoms with Crippen LogP contribution in [0.5, 0.6) is 0 Å². The zero-order valence-corrected chi connectivity index (χ0v) is 6.23. The van der Waals surface area contributed by atoms with Gasteiger partial charge in [-0.1, -0.05) is 11.6 Å². The van der Waals surface area contributed by atoms with Crippen molar-refractivity contribution in [2.45, 2.75) is 6.42 Å². The van der Waals surface area contributed by atoms with Crippen LogP contribution in [-0.4, -0.2) is 26.2 Å². The van der Waals surface area contributed by atoms with Gasteiger partial charge < -0.3 is 4.79 Å². The maximum absolute atomic E-state index is 10.7. The first-order chi connectivity index (χ1) is 4.64. The van der Waals surface area contributed by atoms with Gasteiger partial charge in [-0.3, -0.25) is 0 Å². The van der Waals surface area contributed by atoms with Crippen LogP contribution in [0.1, 0.15) is 6.42 Å². The molecule has 1 aliphatic rings. The van der Waals surface area contributed by atoms with Gasteiger partial charge in [0.05, 0.1) is 11.5 Å². The van der Waals surface area contributed by atoms with Gasteiger partial charge in [0, 0.05) is 6.42 Å². The second-order valence-corrected chi connectivity index (χ2v) is 4.40. The molecule has 1 heterocycles. The van der Waals surface area contributed by atoms with Crippen molar-refractivity contribution in [3.8, 4) is 0 Å². The Bertz CT molecular complexity index is 261. The van der Waals surface area contributed by atoms with Crippen LogP contribution in [-0.2, 0) is 14.6 Å². The molecule has 0 aromatic carbocycles. The molecule has 0 atom stereocenters. The monoisotopic (exact) mass is 160 g/mol. The lowest BCUT2D eigenvalue weighted by Crippen LogP contribution is -2.02. The highest BCUT2D eigenvalue weighted by molar-refractivity contribution is 7.92. The first kappa shape index (κ1) is 7.47. The van der Waals surface area contributed by atoms with Crippen molar-refractivity contribution >= 4 is 16.1 Å². The summed E-state index contributed by atoms with van der Waals surface area (Å²) in [5.74, 6) is 0.182. The Morgan fingerprint density at radius 3 is 2.70 bits per heavy atom. The molecule has 0 aromatic rings. The van der Waals surface area contributed by atoms with E-state index in [1.165, 1.54) is 0 Å². The first-order valence-electron chi connectivity index (χ1n) is 2.96. The van der Waals surface area contributed by atoms with E-state index in [0.29, 0.717) is 0 Å². The number of aldehydes is 1. The molecule has 0 fully saturated rings. The van der Waals surface area contributed by atoms with Crippen LogP contribution in [0.4, 0.5) is 0 Å². The fourth-order valence-corrected chi connectivity index (χ4v) is 2.30. The van der Waals surface area contributed by atoms with Crippen LogP contribution in [0.2, 0.25) is 0 Å². The fraction of sp³-hybridized carbons (Fsp3) is 0.500. The summed E-state index contributed by atoms with van der Waals surface area (Å²) in [6.07, 6.45) is 2.61. The molecular formula is C6H8O3S. The molecule has 0 saturated carbocycles. The maximum atomic E-state index is 10.7. The van der Waals surface area contributed by atoms with E-state index < -0.39 is 9.84 Å². The Balaban J connectivity index is 2.63. The predicted octanol–water partition coefficient (Wildman–Crippen LogP) is -0.0698. The van der Waals surface area contributed by atoms with E-state index in [2.05, 4.69) is 0 Å². The second kappa shape index (κ2) is 2.54. The first-order valence-corrected chi connectivity index (χ1v) is 4.78. The Labute approximate surface area is 59.7 Å². The van der Waals surface area contributed by atoms with E-state index in [-0.39, 0.29) is 17.9 Å². The summed E-state index contributed by atoms with van der Waals surface area (Å²) < 4.78 is 21.5. The van der Waals surface area contributed by atoms with Gasteiger partial charge in [0.25, 0.3) is 0 Å². The molecule has 0 aliphatic carbocycles.